The van der Waals surface area contributed by atoms with Crippen molar-refractivity contribution in [2.75, 3.05) is 0 Å². The first-order valence-corrected chi connectivity index (χ1v) is 6.83. The highest BCUT2D eigenvalue weighted by molar-refractivity contribution is 6.30. The zero-order chi connectivity index (χ0) is 15.1. The molecule has 0 radical (unpaired) electrons. The third kappa shape index (κ3) is 4.93. The molecule has 108 valence electrons. The van der Waals surface area contributed by atoms with E-state index in [-0.39, 0.29) is 5.91 Å². The Morgan fingerprint density at radius 2 is 1.86 bits per heavy atom. The number of amides is 1. The van der Waals surface area contributed by atoms with Crippen LogP contribution in [0.15, 0.2) is 59.7 Å². The number of hydrazone groups is 1. The van der Waals surface area contributed by atoms with Crippen molar-refractivity contribution in [3.63, 3.8) is 0 Å². The van der Waals surface area contributed by atoms with Gasteiger partial charge in [0.1, 0.15) is 5.75 Å². The Morgan fingerprint density at radius 1 is 1.19 bits per heavy atom. The normalized spacial score (nSPS) is 12.1. The van der Waals surface area contributed by atoms with Gasteiger partial charge in [-0.25, -0.2) is 5.43 Å². The fourth-order valence-corrected chi connectivity index (χ4v) is 1.70. The second-order valence-corrected chi connectivity index (χ2v) is 4.80. The van der Waals surface area contributed by atoms with Crippen LogP contribution in [0, 0.1) is 0 Å². The Kier molecular flexibility index (Phi) is 5.35. The molecule has 0 saturated heterocycles. The van der Waals surface area contributed by atoms with Gasteiger partial charge in [0.25, 0.3) is 5.91 Å². The van der Waals surface area contributed by atoms with E-state index in [2.05, 4.69) is 10.5 Å². The molecule has 0 spiro atoms. The predicted molar refractivity (Wildman–Crippen MR) is 83.7 cm³/mol. The van der Waals surface area contributed by atoms with E-state index in [1.54, 1.807) is 37.4 Å². The van der Waals surface area contributed by atoms with E-state index in [1.165, 1.54) is 0 Å². The number of halogens is 1. The SMILES string of the molecule is C[C@@H](Oc1ccc(Cl)cc1)C(=O)NN=Cc1ccccc1. The van der Waals surface area contributed by atoms with Gasteiger partial charge in [-0.2, -0.15) is 5.10 Å². The van der Waals surface area contributed by atoms with Gasteiger partial charge in [-0.15, -0.1) is 0 Å². The number of rotatable bonds is 5. The molecule has 0 saturated carbocycles. The molecular formula is C16H15ClN2O2. The summed E-state index contributed by atoms with van der Waals surface area (Å²) in [5, 5.41) is 4.51. The predicted octanol–water partition coefficient (Wildman–Crippen LogP) is 3.26. The highest BCUT2D eigenvalue weighted by Crippen LogP contribution is 2.16. The van der Waals surface area contributed by atoms with Crippen molar-refractivity contribution in [2.24, 2.45) is 5.10 Å². The number of hydrogen-bond acceptors (Lipinski definition) is 3. The van der Waals surface area contributed by atoms with Gasteiger partial charge in [0.2, 0.25) is 0 Å². The molecule has 4 nitrogen and oxygen atoms in total. The van der Waals surface area contributed by atoms with Crippen LogP contribution in [0.4, 0.5) is 0 Å². The van der Waals surface area contributed by atoms with Gasteiger partial charge in [0.05, 0.1) is 6.21 Å². The molecule has 0 aliphatic rings. The average Bonchev–Trinajstić information content (AvgIpc) is 2.50. The molecule has 5 heteroatoms. The molecule has 2 rings (SSSR count). The first-order valence-electron chi connectivity index (χ1n) is 6.45. The molecule has 0 fully saturated rings. The summed E-state index contributed by atoms with van der Waals surface area (Å²) in [5.74, 6) is 0.256. The lowest BCUT2D eigenvalue weighted by atomic mass is 10.2. The molecular weight excluding hydrogens is 288 g/mol. The van der Waals surface area contributed by atoms with Gasteiger partial charge in [0, 0.05) is 5.02 Å². The van der Waals surface area contributed by atoms with E-state index in [1.807, 2.05) is 30.3 Å². The summed E-state index contributed by atoms with van der Waals surface area (Å²) in [7, 11) is 0. The largest absolute Gasteiger partial charge is 0.481 e. The van der Waals surface area contributed by atoms with E-state index >= 15 is 0 Å². The number of nitrogens with one attached hydrogen (secondary N) is 1. The zero-order valence-electron chi connectivity index (χ0n) is 11.5. The molecule has 0 aliphatic carbocycles. The van der Waals surface area contributed by atoms with Crippen LogP contribution in [0.25, 0.3) is 0 Å². The van der Waals surface area contributed by atoms with Crippen LogP contribution in [-0.4, -0.2) is 18.2 Å². The molecule has 0 bridgehead atoms. The van der Waals surface area contributed by atoms with Crippen LogP contribution in [0.5, 0.6) is 5.75 Å². The number of carbonyl (C=O) groups excluding carboxylic acids is 1. The molecule has 1 amide bonds. The molecule has 0 unspecified atom stereocenters. The topological polar surface area (TPSA) is 50.7 Å². The Bertz CT molecular complexity index is 612. The molecule has 0 aliphatic heterocycles. The van der Waals surface area contributed by atoms with Crippen LogP contribution in [0.3, 0.4) is 0 Å². The standard InChI is InChI=1S/C16H15ClN2O2/c1-12(21-15-9-7-14(17)8-10-15)16(20)19-18-11-13-5-3-2-4-6-13/h2-12H,1H3,(H,19,20)/t12-/m1/s1. The van der Waals surface area contributed by atoms with Crippen LogP contribution in [0.1, 0.15) is 12.5 Å². The molecule has 2 aromatic rings. The van der Waals surface area contributed by atoms with Crippen molar-refractivity contribution in [2.45, 2.75) is 13.0 Å². The maximum atomic E-state index is 11.8. The Hall–Kier alpha value is -2.33. The summed E-state index contributed by atoms with van der Waals surface area (Å²) in [4.78, 5) is 11.8. The van der Waals surface area contributed by atoms with Crippen LogP contribution in [-0.2, 0) is 4.79 Å². The second kappa shape index (κ2) is 7.45. The minimum atomic E-state index is -0.654. The average molecular weight is 303 g/mol. The fraction of sp³-hybridized carbons (Fsp3) is 0.125. The summed E-state index contributed by atoms with van der Waals surface area (Å²) in [6, 6.07) is 16.3. The van der Waals surface area contributed by atoms with E-state index in [9.17, 15) is 4.79 Å². The first kappa shape index (κ1) is 15.1. The molecule has 0 heterocycles. The summed E-state index contributed by atoms with van der Waals surface area (Å²) >= 11 is 5.78. The highest BCUT2D eigenvalue weighted by Gasteiger charge is 2.13. The summed E-state index contributed by atoms with van der Waals surface area (Å²) in [6.07, 6.45) is 0.923. The van der Waals surface area contributed by atoms with Crippen LogP contribution < -0.4 is 10.2 Å². The summed E-state index contributed by atoms with van der Waals surface area (Å²) in [5.41, 5.74) is 3.35. The monoisotopic (exact) mass is 302 g/mol. The smallest absolute Gasteiger partial charge is 0.280 e. The van der Waals surface area contributed by atoms with Gasteiger partial charge in [-0.3, -0.25) is 4.79 Å². The molecule has 21 heavy (non-hydrogen) atoms. The third-order valence-electron chi connectivity index (χ3n) is 2.68. The summed E-state index contributed by atoms with van der Waals surface area (Å²) in [6.45, 7) is 1.65. The van der Waals surface area contributed by atoms with Crippen molar-refractivity contribution in [1.29, 1.82) is 0 Å². The van der Waals surface area contributed by atoms with Crippen LogP contribution >= 0.6 is 11.6 Å². The van der Waals surface area contributed by atoms with Crippen molar-refractivity contribution >= 4 is 23.7 Å². The lowest BCUT2D eigenvalue weighted by Crippen LogP contribution is -2.33. The van der Waals surface area contributed by atoms with Crippen molar-refractivity contribution in [3.8, 4) is 5.75 Å². The first-order chi connectivity index (χ1) is 10.1. The fourth-order valence-electron chi connectivity index (χ4n) is 1.57. The van der Waals surface area contributed by atoms with E-state index < -0.39 is 6.10 Å². The minimum Gasteiger partial charge on any atom is -0.481 e. The number of hydrogen-bond donors (Lipinski definition) is 1. The zero-order valence-corrected chi connectivity index (χ0v) is 12.2. The van der Waals surface area contributed by atoms with E-state index in [0.717, 1.165) is 5.56 Å². The van der Waals surface area contributed by atoms with Gasteiger partial charge in [-0.1, -0.05) is 41.9 Å². The van der Waals surface area contributed by atoms with Crippen molar-refractivity contribution < 1.29 is 9.53 Å². The maximum Gasteiger partial charge on any atom is 0.280 e. The molecule has 0 aromatic heterocycles. The number of nitrogens with zero attached hydrogens (tertiary/aromatic N) is 1. The summed E-state index contributed by atoms with van der Waals surface area (Å²) < 4.78 is 5.49. The van der Waals surface area contributed by atoms with Gasteiger partial charge >= 0.3 is 0 Å². The van der Waals surface area contributed by atoms with E-state index in [0.29, 0.717) is 10.8 Å². The quantitative estimate of drug-likeness (QED) is 0.681. The van der Waals surface area contributed by atoms with Gasteiger partial charge < -0.3 is 4.74 Å². The van der Waals surface area contributed by atoms with Crippen molar-refractivity contribution in [1.82, 2.24) is 5.43 Å². The van der Waals surface area contributed by atoms with E-state index in [4.69, 9.17) is 16.3 Å². The highest BCUT2D eigenvalue weighted by atomic mass is 35.5. The molecule has 1 atom stereocenters. The lowest BCUT2D eigenvalue weighted by Gasteiger charge is -2.12. The van der Waals surface area contributed by atoms with Gasteiger partial charge in [0.15, 0.2) is 6.10 Å². The Balaban J connectivity index is 1.85. The Morgan fingerprint density at radius 3 is 2.52 bits per heavy atom. The number of ether oxygens (including phenoxy) is 1. The number of benzene rings is 2. The second-order valence-electron chi connectivity index (χ2n) is 4.36. The third-order valence-corrected chi connectivity index (χ3v) is 2.94. The Labute approximate surface area is 128 Å². The van der Waals surface area contributed by atoms with Gasteiger partial charge in [-0.05, 0) is 36.8 Å². The number of carbonyl (C=O) groups is 1. The van der Waals surface area contributed by atoms with Crippen molar-refractivity contribution in [3.05, 3.63) is 65.2 Å². The molecule has 2 aromatic carbocycles. The minimum absolute atomic E-state index is 0.322. The molecule has 1 N–H and O–H groups in total. The van der Waals surface area contributed by atoms with Crippen LogP contribution in [0.2, 0.25) is 5.02 Å². The lowest BCUT2D eigenvalue weighted by molar-refractivity contribution is -0.127. The maximum absolute atomic E-state index is 11.8.